The highest BCUT2D eigenvalue weighted by Crippen LogP contribution is 2.46. The van der Waals surface area contributed by atoms with Crippen LogP contribution in [0, 0.1) is 11.8 Å². The number of nitrogens with one attached hydrogen (secondary N) is 1. The Hall–Kier alpha value is -0.500. The molecule has 86 valence electrons. The Morgan fingerprint density at radius 2 is 2.19 bits per heavy atom. The number of hydrogen-bond acceptors (Lipinski definition) is 1. The van der Waals surface area contributed by atoms with E-state index in [4.69, 9.17) is 0 Å². The summed E-state index contributed by atoms with van der Waals surface area (Å²) in [5.41, 5.74) is 2.88. The SMILES string of the molecule is CC1CCC(C2CNc3c(Br)cccc32)C1. The molecule has 1 aliphatic heterocycles. The summed E-state index contributed by atoms with van der Waals surface area (Å²) in [6.07, 6.45) is 4.25. The minimum atomic E-state index is 0.748. The fourth-order valence-electron chi connectivity index (χ4n) is 3.40. The van der Waals surface area contributed by atoms with Crippen LogP contribution in [0.25, 0.3) is 0 Å². The number of rotatable bonds is 1. The molecule has 0 aromatic heterocycles. The quantitative estimate of drug-likeness (QED) is 0.804. The molecule has 1 saturated carbocycles. The molecule has 3 atom stereocenters. The van der Waals surface area contributed by atoms with Crippen molar-refractivity contribution in [3.63, 3.8) is 0 Å². The predicted molar refractivity (Wildman–Crippen MR) is 71.9 cm³/mol. The summed E-state index contributed by atoms with van der Waals surface area (Å²) in [7, 11) is 0. The lowest BCUT2D eigenvalue weighted by molar-refractivity contribution is 0.442. The minimum Gasteiger partial charge on any atom is -0.383 e. The number of benzene rings is 1. The molecule has 0 saturated heterocycles. The molecule has 1 aromatic rings. The van der Waals surface area contributed by atoms with Crippen LogP contribution < -0.4 is 5.32 Å². The first kappa shape index (κ1) is 10.6. The third kappa shape index (κ3) is 1.67. The van der Waals surface area contributed by atoms with E-state index in [0.717, 1.165) is 24.3 Å². The van der Waals surface area contributed by atoms with Gasteiger partial charge in [0.05, 0.1) is 5.69 Å². The van der Waals surface area contributed by atoms with Gasteiger partial charge in [-0.15, -0.1) is 0 Å². The van der Waals surface area contributed by atoms with Crippen molar-refractivity contribution < 1.29 is 0 Å². The Balaban J connectivity index is 1.89. The van der Waals surface area contributed by atoms with Gasteiger partial charge in [0, 0.05) is 16.9 Å². The average Bonchev–Trinajstić information content (AvgIpc) is 2.84. The molecule has 16 heavy (non-hydrogen) atoms. The fraction of sp³-hybridized carbons (Fsp3) is 0.571. The standard InChI is InChI=1S/C14H18BrN/c1-9-5-6-10(7-9)12-8-16-14-11(12)3-2-4-13(14)15/h2-4,9-10,12,16H,5-8H2,1H3. The highest BCUT2D eigenvalue weighted by atomic mass is 79.9. The number of anilines is 1. The van der Waals surface area contributed by atoms with Gasteiger partial charge in [0.2, 0.25) is 0 Å². The molecule has 1 aromatic carbocycles. The van der Waals surface area contributed by atoms with Crippen LogP contribution in [0.1, 0.15) is 37.7 Å². The van der Waals surface area contributed by atoms with Gasteiger partial charge < -0.3 is 5.32 Å². The molecule has 2 aliphatic rings. The highest BCUT2D eigenvalue weighted by Gasteiger charge is 2.34. The zero-order valence-electron chi connectivity index (χ0n) is 9.67. The van der Waals surface area contributed by atoms with Crippen LogP contribution in [0.15, 0.2) is 22.7 Å². The Morgan fingerprint density at radius 1 is 1.31 bits per heavy atom. The van der Waals surface area contributed by atoms with E-state index >= 15 is 0 Å². The summed E-state index contributed by atoms with van der Waals surface area (Å²) in [6.45, 7) is 3.53. The minimum absolute atomic E-state index is 0.748. The van der Waals surface area contributed by atoms with Crippen LogP contribution >= 0.6 is 15.9 Å². The van der Waals surface area contributed by atoms with Gasteiger partial charge in [0.1, 0.15) is 0 Å². The highest BCUT2D eigenvalue weighted by molar-refractivity contribution is 9.10. The molecule has 1 heterocycles. The fourth-order valence-corrected chi connectivity index (χ4v) is 3.92. The van der Waals surface area contributed by atoms with E-state index < -0.39 is 0 Å². The lowest BCUT2D eigenvalue weighted by atomic mass is 9.86. The lowest BCUT2D eigenvalue weighted by Crippen LogP contribution is -2.12. The molecule has 1 fully saturated rings. The van der Waals surface area contributed by atoms with Crippen LogP contribution in [0.5, 0.6) is 0 Å². The monoisotopic (exact) mass is 279 g/mol. The number of halogens is 1. The van der Waals surface area contributed by atoms with Crippen molar-refractivity contribution in [1.29, 1.82) is 0 Å². The van der Waals surface area contributed by atoms with Crippen molar-refractivity contribution in [3.05, 3.63) is 28.2 Å². The summed E-state index contributed by atoms with van der Waals surface area (Å²) >= 11 is 3.63. The second kappa shape index (κ2) is 4.06. The van der Waals surface area contributed by atoms with Gasteiger partial charge >= 0.3 is 0 Å². The second-order valence-electron chi connectivity index (χ2n) is 5.37. The molecule has 1 nitrogen and oxygen atoms in total. The van der Waals surface area contributed by atoms with E-state index in [1.54, 1.807) is 0 Å². The molecule has 3 unspecified atom stereocenters. The van der Waals surface area contributed by atoms with E-state index in [1.165, 1.54) is 35.0 Å². The zero-order chi connectivity index (χ0) is 11.1. The summed E-state index contributed by atoms with van der Waals surface area (Å²) in [5, 5.41) is 3.56. The number of fused-ring (bicyclic) bond motifs is 1. The van der Waals surface area contributed by atoms with Gasteiger partial charge in [-0.05, 0) is 52.2 Å². The molecule has 2 heteroatoms. The Morgan fingerprint density at radius 3 is 2.94 bits per heavy atom. The van der Waals surface area contributed by atoms with Crippen molar-refractivity contribution in [2.45, 2.75) is 32.1 Å². The van der Waals surface area contributed by atoms with Crippen molar-refractivity contribution in [1.82, 2.24) is 0 Å². The van der Waals surface area contributed by atoms with Crippen LogP contribution in [0.3, 0.4) is 0 Å². The molecule has 1 N–H and O–H groups in total. The lowest BCUT2D eigenvalue weighted by Gasteiger charge is -2.18. The predicted octanol–water partition coefficient (Wildman–Crippen LogP) is 4.39. The van der Waals surface area contributed by atoms with E-state index in [1.807, 2.05) is 0 Å². The van der Waals surface area contributed by atoms with E-state index in [9.17, 15) is 0 Å². The zero-order valence-corrected chi connectivity index (χ0v) is 11.3. The van der Waals surface area contributed by atoms with Gasteiger partial charge in [-0.25, -0.2) is 0 Å². The van der Waals surface area contributed by atoms with Crippen molar-refractivity contribution in [2.75, 3.05) is 11.9 Å². The Bertz CT molecular complexity index is 402. The van der Waals surface area contributed by atoms with Crippen molar-refractivity contribution in [2.24, 2.45) is 11.8 Å². The Labute approximate surface area is 106 Å². The van der Waals surface area contributed by atoms with Gasteiger partial charge in [0.15, 0.2) is 0 Å². The normalized spacial score (nSPS) is 32.5. The largest absolute Gasteiger partial charge is 0.383 e. The summed E-state index contributed by atoms with van der Waals surface area (Å²) in [6, 6.07) is 6.60. The summed E-state index contributed by atoms with van der Waals surface area (Å²) < 4.78 is 1.22. The van der Waals surface area contributed by atoms with Crippen molar-refractivity contribution in [3.8, 4) is 0 Å². The maximum Gasteiger partial charge on any atom is 0.0521 e. The topological polar surface area (TPSA) is 12.0 Å². The van der Waals surface area contributed by atoms with Gasteiger partial charge in [-0.2, -0.15) is 0 Å². The molecular weight excluding hydrogens is 262 g/mol. The van der Waals surface area contributed by atoms with E-state index in [0.29, 0.717) is 0 Å². The maximum absolute atomic E-state index is 3.63. The smallest absolute Gasteiger partial charge is 0.0521 e. The Kier molecular flexibility index (Phi) is 2.70. The summed E-state index contributed by atoms with van der Waals surface area (Å²) in [5.74, 6) is 2.58. The van der Waals surface area contributed by atoms with Gasteiger partial charge in [-0.3, -0.25) is 0 Å². The molecule has 0 bridgehead atoms. The molecule has 3 rings (SSSR count). The van der Waals surface area contributed by atoms with Crippen LogP contribution in [0.2, 0.25) is 0 Å². The third-order valence-electron chi connectivity index (χ3n) is 4.25. The molecule has 0 spiro atoms. The summed E-state index contributed by atoms with van der Waals surface area (Å²) in [4.78, 5) is 0. The third-order valence-corrected chi connectivity index (χ3v) is 4.91. The maximum atomic E-state index is 3.63. The molecular formula is C14H18BrN. The van der Waals surface area contributed by atoms with E-state index in [-0.39, 0.29) is 0 Å². The second-order valence-corrected chi connectivity index (χ2v) is 6.22. The number of hydrogen-bond donors (Lipinski definition) is 1. The van der Waals surface area contributed by atoms with Crippen LogP contribution in [0.4, 0.5) is 5.69 Å². The van der Waals surface area contributed by atoms with Gasteiger partial charge in [0.25, 0.3) is 0 Å². The van der Waals surface area contributed by atoms with Crippen LogP contribution in [-0.4, -0.2) is 6.54 Å². The van der Waals surface area contributed by atoms with Gasteiger partial charge in [-0.1, -0.05) is 25.5 Å². The number of para-hydroxylation sites is 1. The molecule has 1 aliphatic carbocycles. The first-order chi connectivity index (χ1) is 7.75. The van der Waals surface area contributed by atoms with Crippen LogP contribution in [-0.2, 0) is 0 Å². The average molecular weight is 280 g/mol. The van der Waals surface area contributed by atoms with Crippen molar-refractivity contribution >= 4 is 21.6 Å². The molecule has 0 radical (unpaired) electrons. The first-order valence-corrected chi connectivity index (χ1v) is 7.07. The first-order valence-electron chi connectivity index (χ1n) is 6.28. The van der Waals surface area contributed by atoms with E-state index in [2.05, 4.69) is 46.4 Å². The molecule has 0 amide bonds.